The van der Waals surface area contributed by atoms with Crippen LogP contribution >= 0.6 is 23.4 Å². The molecular weight excluding hydrogens is 417 g/mol. The first kappa shape index (κ1) is 21.9. The minimum atomic E-state index is -4.60. The minimum absolute atomic E-state index is 0.0294. The molecule has 0 aliphatic heterocycles. The molecule has 1 N–H and O–H groups in total. The third-order valence-corrected chi connectivity index (χ3v) is 5.24. The van der Waals surface area contributed by atoms with Crippen molar-refractivity contribution in [2.24, 2.45) is 0 Å². The number of aryl methyl sites for hydroxylation is 1. The SMILES string of the molecule is CCc1cc(C(=O)c2ccc(C(F)(F)F)nc2)c(NC(=O)CSOC(C)=O)s1. The standard InChI is InChI=1S/C17H15F3N2O4S2/c1-3-11-6-12(16(28-11)22-14(24)8-27-26-9(2)23)15(25)10-4-5-13(21-7-10)17(18,19)20/h4-7H,3,8H2,1-2H3,(H,22,24). The van der Waals surface area contributed by atoms with Gasteiger partial charge in [0.25, 0.3) is 0 Å². The molecule has 2 heterocycles. The van der Waals surface area contributed by atoms with Crippen molar-refractivity contribution >= 4 is 46.0 Å². The molecule has 28 heavy (non-hydrogen) atoms. The molecule has 0 aliphatic carbocycles. The van der Waals surface area contributed by atoms with Crippen LogP contribution in [0.4, 0.5) is 18.2 Å². The van der Waals surface area contributed by atoms with Crippen molar-refractivity contribution in [2.45, 2.75) is 26.4 Å². The number of halogens is 3. The molecule has 6 nitrogen and oxygen atoms in total. The van der Waals surface area contributed by atoms with Crippen LogP contribution in [0, 0.1) is 0 Å². The summed E-state index contributed by atoms with van der Waals surface area (Å²) < 4.78 is 42.5. The number of anilines is 1. The van der Waals surface area contributed by atoms with Gasteiger partial charge in [0.2, 0.25) is 5.91 Å². The van der Waals surface area contributed by atoms with Gasteiger partial charge >= 0.3 is 12.1 Å². The Labute approximate surface area is 166 Å². The van der Waals surface area contributed by atoms with Crippen molar-refractivity contribution in [3.05, 3.63) is 46.1 Å². The topological polar surface area (TPSA) is 85.4 Å². The highest BCUT2D eigenvalue weighted by Crippen LogP contribution is 2.32. The number of hydrogen-bond donors (Lipinski definition) is 1. The molecule has 2 aromatic rings. The summed E-state index contributed by atoms with van der Waals surface area (Å²) >= 11 is 1.85. The fourth-order valence-corrected chi connectivity index (χ4v) is 3.47. The van der Waals surface area contributed by atoms with Gasteiger partial charge in [-0.3, -0.25) is 19.4 Å². The van der Waals surface area contributed by atoms with Crippen LogP contribution in [0.3, 0.4) is 0 Å². The molecule has 2 aromatic heterocycles. The molecule has 0 aliphatic rings. The van der Waals surface area contributed by atoms with E-state index in [0.29, 0.717) is 18.5 Å². The van der Waals surface area contributed by atoms with Crippen molar-refractivity contribution in [1.29, 1.82) is 0 Å². The van der Waals surface area contributed by atoms with Gasteiger partial charge in [-0.2, -0.15) is 13.2 Å². The van der Waals surface area contributed by atoms with Gasteiger partial charge in [0.15, 0.2) is 5.78 Å². The van der Waals surface area contributed by atoms with E-state index in [-0.39, 0.29) is 21.9 Å². The number of hydrogen-bond acceptors (Lipinski definition) is 7. The maximum atomic E-state index is 12.7. The van der Waals surface area contributed by atoms with Crippen LogP contribution in [0.25, 0.3) is 0 Å². The Morgan fingerprint density at radius 1 is 1.29 bits per heavy atom. The average molecular weight is 432 g/mol. The third kappa shape index (κ3) is 5.80. The molecule has 0 fully saturated rings. The first-order valence-corrected chi connectivity index (χ1v) is 9.65. The fourth-order valence-electron chi connectivity index (χ4n) is 2.06. The van der Waals surface area contributed by atoms with Crippen LogP contribution in [0.15, 0.2) is 24.4 Å². The summed E-state index contributed by atoms with van der Waals surface area (Å²) in [5.41, 5.74) is -0.966. The van der Waals surface area contributed by atoms with E-state index in [1.54, 1.807) is 6.07 Å². The molecule has 0 spiro atoms. The Hall–Kier alpha value is -2.40. The predicted octanol–water partition coefficient (Wildman–Crippen LogP) is 4.11. The Morgan fingerprint density at radius 3 is 2.54 bits per heavy atom. The number of aromatic nitrogens is 1. The smallest absolute Gasteiger partial charge is 0.391 e. The second-order valence-corrected chi connectivity index (χ2v) is 7.28. The summed E-state index contributed by atoms with van der Waals surface area (Å²) in [5, 5.41) is 2.84. The van der Waals surface area contributed by atoms with Crippen molar-refractivity contribution in [2.75, 3.05) is 11.1 Å². The molecule has 0 aromatic carbocycles. The van der Waals surface area contributed by atoms with Crippen LogP contribution in [-0.2, 0) is 26.4 Å². The number of amides is 1. The van der Waals surface area contributed by atoms with Crippen molar-refractivity contribution in [1.82, 2.24) is 4.98 Å². The summed E-state index contributed by atoms with van der Waals surface area (Å²) in [7, 11) is 0. The minimum Gasteiger partial charge on any atom is -0.391 e. The molecule has 0 unspecified atom stereocenters. The molecule has 150 valence electrons. The summed E-state index contributed by atoms with van der Waals surface area (Å²) in [4.78, 5) is 39.5. The number of pyridine rings is 1. The van der Waals surface area contributed by atoms with E-state index in [2.05, 4.69) is 14.5 Å². The van der Waals surface area contributed by atoms with E-state index in [0.717, 1.165) is 23.2 Å². The van der Waals surface area contributed by atoms with Gasteiger partial charge in [0.05, 0.1) is 17.6 Å². The lowest BCUT2D eigenvalue weighted by molar-refractivity contribution is -0.141. The number of carbonyl (C=O) groups excluding carboxylic acids is 3. The van der Waals surface area contributed by atoms with Gasteiger partial charge in [0, 0.05) is 23.6 Å². The van der Waals surface area contributed by atoms with Gasteiger partial charge < -0.3 is 9.50 Å². The second kappa shape index (κ2) is 9.20. The van der Waals surface area contributed by atoms with E-state index < -0.39 is 29.5 Å². The van der Waals surface area contributed by atoms with Gasteiger partial charge in [-0.1, -0.05) is 6.92 Å². The zero-order valence-corrected chi connectivity index (χ0v) is 16.4. The monoisotopic (exact) mass is 432 g/mol. The number of alkyl halides is 3. The average Bonchev–Trinajstić information content (AvgIpc) is 3.03. The largest absolute Gasteiger partial charge is 0.433 e. The maximum Gasteiger partial charge on any atom is 0.433 e. The van der Waals surface area contributed by atoms with Gasteiger partial charge in [-0.05, 0) is 24.6 Å². The molecule has 2 rings (SSSR count). The van der Waals surface area contributed by atoms with Gasteiger partial charge in [-0.25, -0.2) is 0 Å². The number of nitrogens with one attached hydrogen (secondary N) is 1. The quantitative estimate of drug-likeness (QED) is 0.524. The summed E-state index contributed by atoms with van der Waals surface area (Å²) in [6, 6.07) is 3.36. The van der Waals surface area contributed by atoms with E-state index in [1.165, 1.54) is 18.3 Å². The summed E-state index contributed by atoms with van der Waals surface area (Å²) in [5.74, 6) is -1.77. The van der Waals surface area contributed by atoms with E-state index in [9.17, 15) is 27.6 Å². The van der Waals surface area contributed by atoms with Crippen molar-refractivity contribution < 1.29 is 31.7 Å². The van der Waals surface area contributed by atoms with Crippen molar-refractivity contribution in [3.8, 4) is 0 Å². The number of carbonyl (C=O) groups is 3. The zero-order chi connectivity index (χ0) is 20.9. The van der Waals surface area contributed by atoms with Crippen LogP contribution in [0.5, 0.6) is 0 Å². The molecule has 11 heteroatoms. The number of thiophene rings is 1. The Kier molecular flexibility index (Phi) is 7.19. The Bertz CT molecular complexity index is 880. The molecule has 0 bridgehead atoms. The highest BCUT2D eigenvalue weighted by atomic mass is 32.2. The lowest BCUT2D eigenvalue weighted by atomic mass is 10.1. The number of rotatable bonds is 7. The lowest BCUT2D eigenvalue weighted by Crippen LogP contribution is -2.16. The van der Waals surface area contributed by atoms with Crippen LogP contribution in [0.2, 0.25) is 0 Å². The number of nitrogens with zero attached hydrogens (tertiary/aromatic N) is 1. The van der Waals surface area contributed by atoms with E-state index in [1.807, 2.05) is 6.92 Å². The van der Waals surface area contributed by atoms with Crippen LogP contribution in [-0.4, -0.2) is 28.4 Å². The van der Waals surface area contributed by atoms with E-state index >= 15 is 0 Å². The predicted molar refractivity (Wildman–Crippen MR) is 99.2 cm³/mol. The molecule has 1 amide bonds. The van der Waals surface area contributed by atoms with Gasteiger partial charge in [0.1, 0.15) is 16.4 Å². The summed E-state index contributed by atoms with van der Waals surface area (Å²) in [6.07, 6.45) is -3.14. The molecule has 0 radical (unpaired) electrons. The van der Waals surface area contributed by atoms with Crippen LogP contribution in [0.1, 0.15) is 40.3 Å². The van der Waals surface area contributed by atoms with Crippen LogP contribution < -0.4 is 5.32 Å². The number of ketones is 1. The molecule has 0 saturated heterocycles. The highest BCUT2D eigenvalue weighted by molar-refractivity contribution is 7.95. The van der Waals surface area contributed by atoms with Crippen molar-refractivity contribution in [3.63, 3.8) is 0 Å². The Morgan fingerprint density at radius 2 is 2.00 bits per heavy atom. The zero-order valence-electron chi connectivity index (χ0n) is 14.8. The summed E-state index contributed by atoms with van der Waals surface area (Å²) in [6.45, 7) is 3.06. The normalized spacial score (nSPS) is 11.2. The molecule has 0 saturated carbocycles. The third-order valence-electron chi connectivity index (χ3n) is 3.31. The second-order valence-electron chi connectivity index (χ2n) is 5.45. The highest BCUT2D eigenvalue weighted by Gasteiger charge is 2.32. The first-order chi connectivity index (χ1) is 13.1. The Balaban J connectivity index is 2.20. The first-order valence-electron chi connectivity index (χ1n) is 7.92. The lowest BCUT2D eigenvalue weighted by Gasteiger charge is -2.07. The molecule has 0 atom stereocenters. The fraction of sp³-hybridized carbons (Fsp3) is 0.294. The van der Waals surface area contributed by atoms with Gasteiger partial charge in [-0.15, -0.1) is 11.3 Å². The maximum absolute atomic E-state index is 12.7. The van der Waals surface area contributed by atoms with E-state index in [4.69, 9.17) is 0 Å². The molecular formula is C17H15F3N2O4S2.